The van der Waals surface area contributed by atoms with E-state index in [-0.39, 0.29) is 0 Å². The van der Waals surface area contributed by atoms with E-state index in [1.54, 1.807) is 0 Å². The number of ether oxygens (including phenoxy) is 2. The zero-order valence-electron chi connectivity index (χ0n) is 7.67. The molecule has 0 N–H and O–H groups in total. The van der Waals surface area contributed by atoms with Gasteiger partial charge in [0.15, 0.2) is 0 Å². The van der Waals surface area contributed by atoms with E-state index in [4.69, 9.17) is 9.47 Å². The van der Waals surface area contributed by atoms with Crippen LogP contribution in [0.15, 0.2) is 0 Å². The Kier molecular flexibility index (Phi) is 3.34. The van der Waals surface area contributed by atoms with Gasteiger partial charge in [0.25, 0.3) is 0 Å². The molecule has 0 unspecified atom stereocenters. The van der Waals surface area contributed by atoms with Crippen molar-refractivity contribution in [3.05, 3.63) is 0 Å². The van der Waals surface area contributed by atoms with E-state index < -0.39 is 0 Å². The molecule has 0 aliphatic carbocycles. The summed E-state index contributed by atoms with van der Waals surface area (Å²) in [5, 5.41) is 0. The standard InChI is InChI=1S/C9H18O2/c1-4-8-5-10-6-9(8)11-7(2)3/h7-9H,4-6H2,1-3H3/t8-,9-/m0/s1. The summed E-state index contributed by atoms with van der Waals surface area (Å²) in [6.45, 7) is 8.01. The minimum absolute atomic E-state index is 0.329. The first-order valence-electron chi connectivity index (χ1n) is 4.47. The van der Waals surface area contributed by atoms with E-state index in [2.05, 4.69) is 20.8 Å². The fourth-order valence-electron chi connectivity index (χ4n) is 1.46. The van der Waals surface area contributed by atoms with Gasteiger partial charge < -0.3 is 9.47 Å². The van der Waals surface area contributed by atoms with E-state index in [1.807, 2.05) is 0 Å². The van der Waals surface area contributed by atoms with Crippen molar-refractivity contribution in [1.82, 2.24) is 0 Å². The van der Waals surface area contributed by atoms with Gasteiger partial charge in [-0.25, -0.2) is 0 Å². The topological polar surface area (TPSA) is 18.5 Å². The predicted octanol–water partition coefficient (Wildman–Crippen LogP) is 1.84. The van der Waals surface area contributed by atoms with Crippen molar-refractivity contribution in [1.29, 1.82) is 0 Å². The van der Waals surface area contributed by atoms with E-state index in [9.17, 15) is 0 Å². The summed E-state index contributed by atoms with van der Waals surface area (Å²) in [5.41, 5.74) is 0. The van der Waals surface area contributed by atoms with Crippen molar-refractivity contribution >= 4 is 0 Å². The lowest BCUT2D eigenvalue weighted by Gasteiger charge is -2.18. The van der Waals surface area contributed by atoms with Crippen LogP contribution in [0.3, 0.4) is 0 Å². The molecule has 66 valence electrons. The van der Waals surface area contributed by atoms with Crippen LogP contribution in [0.5, 0.6) is 0 Å². The Bertz CT molecular complexity index is 112. The number of hydrogen-bond acceptors (Lipinski definition) is 2. The van der Waals surface area contributed by atoms with E-state index in [0.29, 0.717) is 18.1 Å². The highest BCUT2D eigenvalue weighted by molar-refractivity contribution is 4.74. The third kappa shape index (κ3) is 2.46. The van der Waals surface area contributed by atoms with Crippen LogP contribution in [0, 0.1) is 5.92 Å². The summed E-state index contributed by atoms with van der Waals surface area (Å²) in [6, 6.07) is 0. The molecule has 1 rings (SSSR count). The maximum atomic E-state index is 5.69. The Balaban J connectivity index is 2.31. The average Bonchev–Trinajstić information content (AvgIpc) is 2.34. The lowest BCUT2D eigenvalue weighted by atomic mass is 10.0. The van der Waals surface area contributed by atoms with Crippen LogP contribution in [-0.4, -0.2) is 25.4 Å². The quantitative estimate of drug-likeness (QED) is 0.624. The van der Waals surface area contributed by atoms with Gasteiger partial charge in [-0.05, 0) is 20.3 Å². The number of hydrogen-bond donors (Lipinski definition) is 0. The fourth-order valence-corrected chi connectivity index (χ4v) is 1.46. The second-order valence-electron chi connectivity index (χ2n) is 3.43. The Morgan fingerprint density at radius 1 is 1.45 bits per heavy atom. The highest BCUT2D eigenvalue weighted by Crippen LogP contribution is 2.20. The van der Waals surface area contributed by atoms with E-state index in [1.165, 1.54) is 0 Å². The Morgan fingerprint density at radius 2 is 2.18 bits per heavy atom. The Labute approximate surface area is 68.9 Å². The highest BCUT2D eigenvalue weighted by Gasteiger charge is 2.27. The molecule has 2 atom stereocenters. The summed E-state index contributed by atoms with van der Waals surface area (Å²) in [6.07, 6.45) is 1.84. The first-order chi connectivity index (χ1) is 5.24. The van der Waals surface area contributed by atoms with Gasteiger partial charge in [-0.1, -0.05) is 6.92 Å². The molecule has 1 aliphatic heterocycles. The highest BCUT2D eigenvalue weighted by atomic mass is 16.6. The summed E-state index contributed by atoms with van der Waals surface area (Å²) in [4.78, 5) is 0. The molecular formula is C9H18O2. The van der Waals surface area contributed by atoms with Crippen LogP contribution < -0.4 is 0 Å². The molecule has 0 bridgehead atoms. The summed E-state index contributed by atoms with van der Waals surface area (Å²) in [7, 11) is 0. The largest absolute Gasteiger partial charge is 0.378 e. The molecule has 0 aromatic carbocycles. The third-order valence-corrected chi connectivity index (χ3v) is 2.11. The second kappa shape index (κ2) is 4.07. The lowest BCUT2D eigenvalue weighted by molar-refractivity contribution is -0.0140. The maximum Gasteiger partial charge on any atom is 0.0861 e. The molecule has 0 amide bonds. The van der Waals surface area contributed by atoms with Gasteiger partial charge in [0.1, 0.15) is 0 Å². The molecule has 1 fully saturated rings. The molecule has 11 heavy (non-hydrogen) atoms. The molecule has 0 aromatic heterocycles. The van der Waals surface area contributed by atoms with E-state index in [0.717, 1.165) is 19.6 Å². The van der Waals surface area contributed by atoms with Crippen LogP contribution in [0.4, 0.5) is 0 Å². The van der Waals surface area contributed by atoms with Gasteiger partial charge in [-0.2, -0.15) is 0 Å². The molecule has 1 saturated heterocycles. The van der Waals surface area contributed by atoms with Crippen molar-refractivity contribution in [2.75, 3.05) is 13.2 Å². The SMILES string of the molecule is CC[C@H]1COC[C@@H]1OC(C)C. The molecule has 0 saturated carbocycles. The minimum Gasteiger partial charge on any atom is -0.378 e. The summed E-state index contributed by atoms with van der Waals surface area (Å²) in [5.74, 6) is 0.623. The summed E-state index contributed by atoms with van der Waals surface area (Å²) < 4.78 is 11.0. The van der Waals surface area contributed by atoms with Crippen molar-refractivity contribution in [3.63, 3.8) is 0 Å². The average molecular weight is 158 g/mol. The van der Waals surface area contributed by atoms with Crippen LogP contribution >= 0.6 is 0 Å². The Morgan fingerprint density at radius 3 is 2.73 bits per heavy atom. The molecule has 1 aliphatic rings. The van der Waals surface area contributed by atoms with Gasteiger partial charge in [-0.3, -0.25) is 0 Å². The molecule has 2 heteroatoms. The van der Waals surface area contributed by atoms with Crippen LogP contribution in [0.25, 0.3) is 0 Å². The zero-order valence-corrected chi connectivity index (χ0v) is 7.67. The third-order valence-electron chi connectivity index (χ3n) is 2.11. The normalized spacial score (nSPS) is 31.6. The van der Waals surface area contributed by atoms with Gasteiger partial charge >= 0.3 is 0 Å². The fraction of sp³-hybridized carbons (Fsp3) is 1.00. The van der Waals surface area contributed by atoms with E-state index >= 15 is 0 Å². The molecule has 1 heterocycles. The van der Waals surface area contributed by atoms with Crippen molar-refractivity contribution in [2.45, 2.75) is 39.4 Å². The molecular weight excluding hydrogens is 140 g/mol. The first kappa shape index (κ1) is 9.01. The second-order valence-corrected chi connectivity index (χ2v) is 3.43. The minimum atomic E-state index is 0.329. The predicted molar refractivity (Wildman–Crippen MR) is 44.6 cm³/mol. The summed E-state index contributed by atoms with van der Waals surface area (Å²) >= 11 is 0. The van der Waals surface area contributed by atoms with Crippen molar-refractivity contribution in [3.8, 4) is 0 Å². The van der Waals surface area contributed by atoms with Gasteiger partial charge in [0, 0.05) is 5.92 Å². The van der Waals surface area contributed by atoms with Gasteiger partial charge in [-0.15, -0.1) is 0 Å². The van der Waals surface area contributed by atoms with Gasteiger partial charge in [0.05, 0.1) is 25.4 Å². The Hall–Kier alpha value is -0.0800. The molecule has 2 nitrogen and oxygen atoms in total. The smallest absolute Gasteiger partial charge is 0.0861 e. The first-order valence-corrected chi connectivity index (χ1v) is 4.47. The zero-order chi connectivity index (χ0) is 8.27. The van der Waals surface area contributed by atoms with Crippen LogP contribution in [-0.2, 0) is 9.47 Å². The van der Waals surface area contributed by atoms with Crippen molar-refractivity contribution in [2.24, 2.45) is 5.92 Å². The molecule has 0 aromatic rings. The molecule has 0 radical (unpaired) electrons. The van der Waals surface area contributed by atoms with Crippen molar-refractivity contribution < 1.29 is 9.47 Å². The van der Waals surface area contributed by atoms with Crippen LogP contribution in [0.2, 0.25) is 0 Å². The monoisotopic (exact) mass is 158 g/mol. The number of rotatable bonds is 3. The molecule has 0 spiro atoms. The van der Waals surface area contributed by atoms with Gasteiger partial charge in [0.2, 0.25) is 0 Å². The van der Waals surface area contributed by atoms with Crippen LogP contribution in [0.1, 0.15) is 27.2 Å². The lowest BCUT2D eigenvalue weighted by Crippen LogP contribution is -2.25. The maximum absolute atomic E-state index is 5.69.